The molecule has 1 aromatic carbocycles. The van der Waals surface area contributed by atoms with Gasteiger partial charge in [0.15, 0.2) is 23.3 Å². The Morgan fingerprint density at radius 2 is 1.91 bits per heavy atom. The second-order valence-corrected chi connectivity index (χ2v) is 7.27. The Labute approximate surface area is 184 Å². The van der Waals surface area contributed by atoms with Gasteiger partial charge in [0, 0.05) is 23.9 Å². The zero-order valence-corrected chi connectivity index (χ0v) is 17.9. The van der Waals surface area contributed by atoms with E-state index in [0.717, 1.165) is 22.3 Å². The molecule has 0 bridgehead atoms. The number of pyridine rings is 2. The van der Waals surface area contributed by atoms with Gasteiger partial charge >= 0.3 is 0 Å². The molecule has 4 heterocycles. The molecule has 164 valence electrons. The predicted octanol–water partition coefficient (Wildman–Crippen LogP) is 3.41. The lowest BCUT2D eigenvalue weighted by molar-refractivity contribution is 0.0867. The first-order chi connectivity index (χ1) is 15.7. The number of nitrogens with zero attached hydrogens (tertiary/aromatic N) is 4. The van der Waals surface area contributed by atoms with Crippen molar-refractivity contribution < 1.29 is 23.7 Å². The summed E-state index contributed by atoms with van der Waals surface area (Å²) in [5, 5.41) is 0. The van der Waals surface area contributed by atoms with Gasteiger partial charge in [0.2, 0.25) is 11.6 Å². The van der Waals surface area contributed by atoms with Crippen molar-refractivity contribution in [3.05, 3.63) is 60.2 Å². The highest BCUT2D eigenvalue weighted by Gasteiger charge is 2.27. The van der Waals surface area contributed by atoms with Crippen LogP contribution in [0, 0.1) is 0 Å². The van der Waals surface area contributed by atoms with Gasteiger partial charge in [-0.25, -0.2) is 15.0 Å². The van der Waals surface area contributed by atoms with Gasteiger partial charge in [0.25, 0.3) is 0 Å². The quantitative estimate of drug-likeness (QED) is 0.456. The molecule has 1 atom stereocenters. The van der Waals surface area contributed by atoms with E-state index in [9.17, 15) is 0 Å². The molecule has 5 rings (SSSR count). The summed E-state index contributed by atoms with van der Waals surface area (Å²) in [6, 6.07) is 9.46. The van der Waals surface area contributed by atoms with E-state index in [2.05, 4.69) is 15.0 Å². The summed E-state index contributed by atoms with van der Waals surface area (Å²) in [5.41, 5.74) is 3.41. The van der Waals surface area contributed by atoms with Crippen LogP contribution in [0.4, 0.5) is 0 Å². The molecule has 9 heteroatoms. The van der Waals surface area contributed by atoms with E-state index in [1.165, 1.54) is 0 Å². The summed E-state index contributed by atoms with van der Waals surface area (Å²) >= 11 is 0. The van der Waals surface area contributed by atoms with Crippen LogP contribution >= 0.6 is 0 Å². The maximum absolute atomic E-state index is 6.22. The molecule has 4 aromatic rings. The number of aromatic nitrogens is 4. The van der Waals surface area contributed by atoms with Gasteiger partial charge in [-0.2, -0.15) is 0 Å². The average Bonchev–Trinajstić information content (AvgIpc) is 3.25. The molecular formula is C23H22N4O5. The van der Waals surface area contributed by atoms with Crippen molar-refractivity contribution >= 4 is 11.2 Å². The summed E-state index contributed by atoms with van der Waals surface area (Å²) in [7, 11) is 4.80. The van der Waals surface area contributed by atoms with Gasteiger partial charge in [-0.3, -0.25) is 0 Å². The lowest BCUT2D eigenvalue weighted by Crippen LogP contribution is -2.22. The Balaban J connectivity index is 1.41. The second-order valence-electron chi connectivity index (χ2n) is 7.27. The Morgan fingerprint density at radius 3 is 2.66 bits per heavy atom. The third-order valence-corrected chi connectivity index (χ3v) is 5.31. The monoisotopic (exact) mass is 434 g/mol. The highest BCUT2D eigenvalue weighted by atomic mass is 16.6. The molecule has 0 spiro atoms. The van der Waals surface area contributed by atoms with Crippen LogP contribution in [0.1, 0.15) is 17.2 Å². The third kappa shape index (κ3) is 3.62. The van der Waals surface area contributed by atoms with E-state index in [0.29, 0.717) is 42.0 Å². The van der Waals surface area contributed by atoms with Crippen molar-refractivity contribution in [2.75, 3.05) is 27.9 Å². The van der Waals surface area contributed by atoms with E-state index < -0.39 is 0 Å². The molecule has 0 amide bonds. The normalized spacial score (nSPS) is 14.9. The number of hydrogen-bond acceptors (Lipinski definition) is 8. The number of fused-ring (bicyclic) bond motifs is 2. The van der Waals surface area contributed by atoms with Crippen LogP contribution in [0.25, 0.3) is 11.2 Å². The van der Waals surface area contributed by atoms with Gasteiger partial charge in [-0.05, 0) is 23.8 Å². The molecule has 0 saturated carbocycles. The molecule has 9 nitrogen and oxygen atoms in total. The maximum Gasteiger partial charge on any atom is 0.212 e. The molecule has 1 aliphatic heterocycles. The maximum atomic E-state index is 6.22. The first-order valence-corrected chi connectivity index (χ1v) is 10.0. The summed E-state index contributed by atoms with van der Waals surface area (Å²) in [5.74, 6) is 3.03. The van der Waals surface area contributed by atoms with Gasteiger partial charge in [0.05, 0.1) is 40.4 Å². The van der Waals surface area contributed by atoms with Crippen LogP contribution in [0.2, 0.25) is 0 Å². The van der Waals surface area contributed by atoms with E-state index in [1.807, 2.05) is 28.8 Å². The summed E-state index contributed by atoms with van der Waals surface area (Å²) in [6.07, 6.45) is 4.87. The summed E-state index contributed by atoms with van der Waals surface area (Å²) < 4.78 is 30.2. The minimum atomic E-state index is -0.294. The minimum absolute atomic E-state index is 0.294. The fourth-order valence-corrected chi connectivity index (χ4v) is 3.66. The molecule has 0 saturated heterocycles. The third-order valence-electron chi connectivity index (χ3n) is 5.31. The van der Waals surface area contributed by atoms with Crippen molar-refractivity contribution in [1.82, 2.24) is 19.5 Å². The Hall–Kier alpha value is -4.01. The largest absolute Gasteiger partial charge is 0.495 e. The fraction of sp³-hybridized carbons (Fsp3) is 0.261. The first kappa shape index (κ1) is 19.9. The molecule has 0 aliphatic carbocycles. The van der Waals surface area contributed by atoms with Crippen molar-refractivity contribution in [2.24, 2.45) is 0 Å². The predicted molar refractivity (Wildman–Crippen MR) is 116 cm³/mol. The Bertz CT molecular complexity index is 1240. The second kappa shape index (κ2) is 8.26. The van der Waals surface area contributed by atoms with Crippen molar-refractivity contribution in [2.45, 2.75) is 12.6 Å². The molecule has 0 radical (unpaired) electrons. The first-order valence-electron chi connectivity index (χ1n) is 10.0. The number of ether oxygens (including phenoxy) is 5. The van der Waals surface area contributed by atoms with E-state index in [-0.39, 0.29) is 6.10 Å². The van der Waals surface area contributed by atoms with Crippen molar-refractivity contribution in [1.29, 1.82) is 0 Å². The van der Waals surface area contributed by atoms with Crippen molar-refractivity contribution in [3.63, 3.8) is 0 Å². The molecule has 0 N–H and O–H groups in total. The Morgan fingerprint density at radius 1 is 1.00 bits per heavy atom. The van der Waals surface area contributed by atoms with Gasteiger partial charge in [-0.15, -0.1) is 0 Å². The minimum Gasteiger partial charge on any atom is -0.495 e. The van der Waals surface area contributed by atoms with Crippen LogP contribution in [0.3, 0.4) is 0 Å². The average molecular weight is 434 g/mol. The highest BCUT2D eigenvalue weighted by Crippen LogP contribution is 2.44. The van der Waals surface area contributed by atoms with Crippen LogP contribution in [0.15, 0.2) is 49.1 Å². The zero-order valence-electron chi connectivity index (χ0n) is 17.9. The number of rotatable bonds is 6. The number of hydrogen-bond donors (Lipinski definition) is 0. The van der Waals surface area contributed by atoms with Crippen LogP contribution in [-0.4, -0.2) is 47.5 Å². The number of imidazole rings is 1. The number of methoxy groups -OCH3 is 3. The molecule has 3 aromatic heterocycles. The highest BCUT2D eigenvalue weighted by molar-refractivity contribution is 5.72. The molecule has 0 unspecified atom stereocenters. The summed E-state index contributed by atoms with van der Waals surface area (Å²) in [4.78, 5) is 13.1. The van der Waals surface area contributed by atoms with Crippen LogP contribution in [0.5, 0.6) is 28.9 Å². The van der Waals surface area contributed by atoms with Gasteiger partial charge in [0.1, 0.15) is 17.9 Å². The molecular weight excluding hydrogens is 412 g/mol. The lowest BCUT2D eigenvalue weighted by Gasteiger charge is -2.28. The lowest BCUT2D eigenvalue weighted by atomic mass is 10.1. The Kier molecular flexibility index (Phi) is 5.14. The smallest absolute Gasteiger partial charge is 0.212 e. The van der Waals surface area contributed by atoms with Crippen LogP contribution < -0.4 is 23.7 Å². The van der Waals surface area contributed by atoms with E-state index in [1.54, 1.807) is 46.1 Å². The fourth-order valence-electron chi connectivity index (χ4n) is 3.66. The molecule has 32 heavy (non-hydrogen) atoms. The van der Waals surface area contributed by atoms with Gasteiger partial charge < -0.3 is 28.3 Å². The zero-order chi connectivity index (χ0) is 22.1. The topological polar surface area (TPSA) is 89.8 Å². The molecule has 0 fully saturated rings. The van der Waals surface area contributed by atoms with E-state index >= 15 is 0 Å². The van der Waals surface area contributed by atoms with Crippen LogP contribution in [-0.2, 0) is 6.54 Å². The standard InChI is InChI=1S/C23H22N4O5/c1-28-16-8-17-23(25-10-16)27(13-26-17)11-14-6-18(29-2)22-19(7-14)31-12-20(32-22)15-4-5-21(30-3)24-9-15/h4-10,13,20H,11-12H2,1-3H3/t20-/m1/s1. The summed E-state index contributed by atoms with van der Waals surface area (Å²) in [6.45, 7) is 0.914. The van der Waals surface area contributed by atoms with Gasteiger partial charge in [-0.1, -0.05) is 0 Å². The SMILES string of the molecule is COc1cnc2c(c1)ncn2Cc1cc(OC)c2c(c1)OC[C@H](c1ccc(OC)nc1)O2. The van der Waals surface area contributed by atoms with Crippen molar-refractivity contribution in [3.8, 4) is 28.9 Å². The number of benzene rings is 1. The van der Waals surface area contributed by atoms with E-state index in [4.69, 9.17) is 23.7 Å². The molecule has 1 aliphatic rings.